The van der Waals surface area contributed by atoms with Gasteiger partial charge in [0.05, 0.1) is 17.7 Å². The quantitative estimate of drug-likeness (QED) is 0.218. The molecule has 36 heavy (non-hydrogen) atoms. The Bertz CT molecular complexity index is 1390. The largest absolute Gasteiger partial charge is 0.505 e. The molecule has 0 spiro atoms. The summed E-state index contributed by atoms with van der Waals surface area (Å²) in [5.74, 6) is -1.47. The molecule has 0 bridgehead atoms. The van der Waals surface area contributed by atoms with Crippen LogP contribution in [0.2, 0.25) is 0 Å². The molecule has 2 heterocycles. The van der Waals surface area contributed by atoms with Gasteiger partial charge >= 0.3 is 12.1 Å². The van der Waals surface area contributed by atoms with Gasteiger partial charge in [-0.05, 0) is 49.2 Å². The van der Waals surface area contributed by atoms with Crippen molar-refractivity contribution >= 4 is 34.9 Å². The first-order valence-corrected chi connectivity index (χ1v) is 10.9. The lowest BCUT2D eigenvalue weighted by atomic mass is 10.1. The second-order valence-electron chi connectivity index (χ2n) is 8.24. The lowest BCUT2D eigenvalue weighted by Crippen LogP contribution is -2.28. The van der Waals surface area contributed by atoms with Gasteiger partial charge in [-0.25, -0.2) is 9.59 Å². The second kappa shape index (κ2) is 9.49. The van der Waals surface area contributed by atoms with E-state index in [1.165, 1.54) is 30.9 Å². The summed E-state index contributed by atoms with van der Waals surface area (Å²) in [6.45, 7) is 6.57. The van der Waals surface area contributed by atoms with Crippen molar-refractivity contribution in [2.24, 2.45) is 0 Å². The summed E-state index contributed by atoms with van der Waals surface area (Å²) in [5.41, 5.74) is 2.76. The molecule has 12 nitrogen and oxygen atoms in total. The van der Waals surface area contributed by atoms with Gasteiger partial charge < -0.3 is 19.9 Å². The fourth-order valence-corrected chi connectivity index (χ4v) is 3.57. The standard InChI is InChI=1S/C24H23N5O7/c1-12(2)23(33)35-6-5-25-24(34)36-11-14-7-13(3)20(30)19(8-14)29-26-17-9-15-16(10-18(17)27-29)22(32)28(4)21(15)31/h7-10,30H,1,5-6,11H2,2-4H3,(H,25,34). The highest BCUT2D eigenvalue weighted by molar-refractivity contribution is 6.22. The number of alkyl carbamates (subject to hydrolysis) is 1. The van der Waals surface area contributed by atoms with E-state index < -0.39 is 23.9 Å². The van der Waals surface area contributed by atoms with Crippen LogP contribution in [-0.4, -0.2) is 69.1 Å². The minimum Gasteiger partial charge on any atom is -0.505 e. The van der Waals surface area contributed by atoms with Gasteiger partial charge in [-0.3, -0.25) is 14.5 Å². The van der Waals surface area contributed by atoms with Gasteiger partial charge in [-0.15, -0.1) is 15.0 Å². The molecule has 3 amide bonds. The average Bonchev–Trinajstić information content (AvgIpc) is 3.35. The first-order chi connectivity index (χ1) is 17.1. The first kappa shape index (κ1) is 24.4. The third kappa shape index (κ3) is 4.60. The Kier molecular flexibility index (Phi) is 6.43. The zero-order chi connectivity index (χ0) is 26.1. The van der Waals surface area contributed by atoms with Gasteiger partial charge in [0, 0.05) is 12.6 Å². The molecule has 0 fully saturated rings. The molecule has 0 unspecified atom stereocenters. The van der Waals surface area contributed by atoms with Gasteiger partial charge in [0.1, 0.15) is 35.7 Å². The van der Waals surface area contributed by atoms with E-state index in [4.69, 9.17) is 9.47 Å². The van der Waals surface area contributed by atoms with Crippen LogP contribution in [0.15, 0.2) is 36.4 Å². The number of nitrogens with one attached hydrogen (secondary N) is 1. The van der Waals surface area contributed by atoms with Crippen LogP contribution in [0.4, 0.5) is 4.79 Å². The number of phenols is 1. The molecule has 0 radical (unpaired) electrons. The molecule has 1 aliphatic heterocycles. The molecule has 0 saturated carbocycles. The van der Waals surface area contributed by atoms with Crippen LogP contribution in [0.25, 0.3) is 16.7 Å². The summed E-state index contributed by atoms with van der Waals surface area (Å²) in [4.78, 5) is 50.1. The fourth-order valence-electron chi connectivity index (χ4n) is 3.57. The monoisotopic (exact) mass is 493 g/mol. The van der Waals surface area contributed by atoms with Gasteiger partial charge in [-0.1, -0.05) is 6.58 Å². The highest BCUT2D eigenvalue weighted by atomic mass is 16.6. The Hall–Kier alpha value is -4.74. The number of esters is 1. The van der Waals surface area contributed by atoms with Crippen LogP contribution in [0.1, 0.15) is 38.8 Å². The summed E-state index contributed by atoms with van der Waals surface area (Å²) in [6.07, 6.45) is -0.717. The molecule has 0 atom stereocenters. The van der Waals surface area contributed by atoms with Crippen molar-refractivity contribution in [3.8, 4) is 11.4 Å². The summed E-state index contributed by atoms with van der Waals surface area (Å²) in [5, 5.41) is 21.8. The van der Waals surface area contributed by atoms with E-state index in [-0.39, 0.29) is 47.9 Å². The summed E-state index contributed by atoms with van der Waals surface area (Å²) in [7, 11) is 1.41. The van der Waals surface area contributed by atoms with E-state index in [9.17, 15) is 24.3 Å². The van der Waals surface area contributed by atoms with Crippen LogP contribution >= 0.6 is 0 Å². The number of aromatic nitrogens is 3. The maximum atomic E-state index is 12.3. The van der Waals surface area contributed by atoms with E-state index in [2.05, 4.69) is 22.1 Å². The van der Waals surface area contributed by atoms with Crippen molar-refractivity contribution in [1.82, 2.24) is 25.2 Å². The third-order valence-electron chi connectivity index (χ3n) is 5.47. The number of amides is 3. The number of aryl methyl sites for hydroxylation is 1. The number of imide groups is 1. The number of aromatic hydroxyl groups is 1. The van der Waals surface area contributed by atoms with Crippen LogP contribution in [-0.2, 0) is 20.9 Å². The summed E-state index contributed by atoms with van der Waals surface area (Å²) in [6, 6.07) is 6.19. The predicted octanol–water partition coefficient (Wildman–Crippen LogP) is 2.01. The van der Waals surface area contributed by atoms with Crippen molar-refractivity contribution in [3.63, 3.8) is 0 Å². The van der Waals surface area contributed by atoms with Crippen LogP contribution in [0.3, 0.4) is 0 Å². The zero-order valence-corrected chi connectivity index (χ0v) is 19.8. The molecule has 0 aliphatic carbocycles. The van der Waals surface area contributed by atoms with E-state index >= 15 is 0 Å². The Morgan fingerprint density at radius 1 is 1.06 bits per heavy atom. The molecule has 1 aliphatic rings. The van der Waals surface area contributed by atoms with Crippen LogP contribution in [0, 0.1) is 6.92 Å². The van der Waals surface area contributed by atoms with E-state index in [0.717, 1.165) is 4.90 Å². The molecule has 186 valence electrons. The molecule has 4 rings (SSSR count). The predicted molar refractivity (Wildman–Crippen MR) is 126 cm³/mol. The number of carbonyl (C=O) groups is 4. The number of benzene rings is 2. The van der Waals surface area contributed by atoms with E-state index in [0.29, 0.717) is 22.2 Å². The van der Waals surface area contributed by atoms with Gasteiger partial charge in [0.2, 0.25) is 0 Å². The lowest BCUT2D eigenvalue weighted by molar-refractivity contribution is -0.138. The minimum atomic E-state index is -0.717. The molecule has 3 aromatic rings. The minimum absolute atomic E-state index is 0.0291. The van der Waals surface area contributed by atoms with Gasteiger partial charge in [0.25, 0.3) is 11.8 Å². The maximum absolute atomic E-state index is 12.3. The topological polar surface area (TPSA) is 153 Å². The first-order valence-electron chi connectivity index (χ1n) is 10.9. The smallest absolute Gasteiger partial charge is 0.407 e. The van der Waals surface area contributed by atoms with E-state index in [1.54, 1.807) is 19.1 Å². The molecular weight excluding hydrogens is 470 g/mol. The zero-order valence-electron chi connectivity index (χ0n) is 19.8. The highest BCUT2D eigenvalue weighted by Crippen LogP contribution is 2.30. The number of phenolic OH excluding ortho intramolecular Hbond substituents is 1. The molecule has 12 heteroatoms. The second-order valence-corrected chi connectivity index (χ2v) is 8.24. The van der Waals surface area contributed by atoms with Crippen LogP contribution in [0.5, 0.6) is 5.75 Å². The van der Waals surface area contributed by atoms with Crippen molar-refractivity contribution in [2.75, 3.05) is 20.2 Å². The summed E-state index contributed by atoms with van der Waals surface area (Å²) >= 11 is 0. The van der Waals surface area contributed by atoms with Crippen molar-refractivity contribution in [3.05, 3.63) is 58.7 Å². The molecule has 1 aromatic heterocycles. The average molecular weight is 493 g/mol. The number of carbonyl (C=O) groups excluding carboxylic acids is 4. The Morgan fingerprint density at radius 3 is 2.25 bits per heavy atom. The van der Waals surface area contributed by atoms with Crippen molar-refractivity contribution < 1.29 is 33.8 Å². The number of hydrogen-bond acceptors (Lipinski definition) is 9. The molecular formula is C24H23N5O7. The van der Waals surface area contributed by atoms with Gasteiger partial charge in [0.15, 0.2) is 0 Å². The summed E-state index contributed by atoms with van der Waals surface area (Å²) < 4.78 is 10.1. The molecule has 2 aromatic carbocycles. The highest BCUT2D eigenvalue weighted by Gasteiger charge is 2.33. The molecule has 2 N–H and O–H groups in total. The number of nitrogens with zero attached hydrogens (tertiary/aromatic N) is 4. The van der Waals surface area contributed by atoms with Crippen LogP contribution < -0.4 is 5.32 Å². The normalized spacial score (nSPS) is 12.6. The number of fused-ring (bicyclic) bond motifs is 2. The number of hydrogen-bond donors (Lipinski definition) is 2. The van der Waals surface area contributed by atoms with Crippen molar-refractivity contribution in [1.29, 1.82) is 0 Å². The van der Waals surface area contributed by atoms with Gasteiger partial charge in [-0.2, -0.15) is 0 Å². The lowest BCUT2D eigenvalue weighted by Gasteiger charge is -2.11. The van der Waals surface area contributed by atoms with E-state index in [1.807, 2.05) is 0 Å². The number of rotatable bonds is 7. The fraction of sp³-hybridized carbons (Fsp3) is 0.250. The Balaban J connectivity index is 1.48. The third-order valence-corrected chi connectivity index (χ3v) is 5.47. The molecule has 0 saturated heterocycles. The SMILES string of the molecule is C=C(C)C(=O)OCCNC(=O)OCc1cc(C)c(O)c(-n2nc3cc4c(cc3n2)C(=O)N(C)C4=O)c1. The maximum Gasteiger partial charge on any atom is 0.407 e. The Labute approximate surface area is 205 Å². The Morgan fingerprint density at radius 2 is 1.67 bits per heavy atom. The van der Waals surface area contributed by atoms with Crippen molar-refractivity contribution in [2.45, 2.75) is 20.5 Å². The number of ether oxygens (including phenoxy) is 2.